The zero-order valence-electron chi connectivity index (χ0n) is 13.7. The molecule has 23 heavy (non-hydrogen) atoms. The summed E-state index contributed by atoms with van der Waals surface area (Å²) in [5, 5.41) is 0. The number of anilines is 4. The molecule has 2 aromatic rings. The summed E-state index contributed by atoms with van der Waals surface area (Å²) in [6.45, 7) is 4.01. The van der Waals surface area contributed by atoms with Gasteiger partial charge in [0.1, 0.15) is 0 Å². The van der Waals surface area contributed by atoms with Crippen LogP contribution in [0.4, 0.5) is 22.7 Å². The van der Waals surface area contributed by atoms with Gasteiger partial charge >= 0.3 is 0 Å². The highest BCUT2D eigenvalue weighted by Gasteiger charge is 2.36. The lowest BCUT2D eigenvalue weighted by Gasteiger charge is -2.40. The first kappa shape index (κ1) is 14.2. The van der Waals surface area contributed by atoms with E-state index in [1.807, 2.05) is 13.8 Å². The van der Waals surface area contributed by atoms with Crippen LogP contribution in [0.2, 0.25) is 0 Å². The normalized spacial score (nSPS) is 21.7. The van der Waals surface area contributed by atoms with Crippen molar-refractivity contribution in [3.8, 4) is 0 Å². The molecule has 0 radical (unpaired) electrons. The van der Waals surface area contributed by atoms with Crippen LogP contribution in [0.15, 0.2) is 12.1 Å². The Balaban J connectivity index is 1.91. The van der Waals surface area contributed by atoms with Crippen LogP contribution in [0.1, 0.15) is 51.6 Å². The van der Waals surface area contributed by atoms with Gasteiger partial charge in [-0.3, -0.25) is 0 Å². The topological polar surface area (TPSA) is 104 Å². The van der Waals surface area contributed by atoms with Crippen molar-refractivity contribution in [2.45, 2.75) is 44.9 Å². The van der Waals surface area contributed by atoms with E-state index in [2.05, 4.69) is 12.1 Å². The Hall–Kier alpha value is -2.36. The van der Waals surface area contributed by atoms with Crippen LogP contribution in [0.5, 0.6) is 0 Å². The highest BCUT2D eigenvalue weighted by atomic mass is 14.7. The minimum atomic E-state index is 0.451. The second-order valence-corrected chi connectivity index (χ2v) is 7.18. The number of hydrogen-bond donors (Lipinski definition) is 4. The predicted octanol–water partition coefficient (Wildman–Crippen LogP) is 3.00. The molecule has 2 aliphatic rings. The molecular formula is C19H24N4. The van der Waals surface area contributed by atoms with Gasteiger partial charge < -0.3 is 22.9 Å². The summed E-state index contributed by atoms with van der Waals surface area (Å²) in [5.41, 5.74) is 35.6. The largest absolute Gasteiger partial charge is 0.398 e. The minimum absolute atomic E-state index is 0.451. The van der Waals surface area contributed by atoms with Crippen molar-refractivity contribution < 1.29 is 0 Å². The maximum Gasteiger partial charge on any atom is 0.0400 e. The Labute approximate surface area is 136 Å². The van der Waals surface area contributed by atoms with Gasteiger partial charge in [-0.25, -0.2) is 0 Å². The van der Waals surface area contributed by atoms with E-state index in [9.17, 15) is 0 Å². The van der Waals surface area contributed by atoms with Gasteiger partial charge in [0.25, 0.3) is 0 Å². The molecule has 8 N–H and O–H groups in total. The van der Waals surface area contributed by atoms with Gasteiger partial charge in [-0.05, 0) is 90.5 Å². The molecule has 0 saturated heterocycles. The third-order valence-electron chi connectivity index (χ3n) is 5.99. The first-order valence-electron chi connectivity index (χ1n) is 8.23. The van der Waals surface area contributed by atoms with Crippen LogP contribution >= 0.6 is 0 Å². The molecule has 0 aliphatic heterocycles. The second-order valence-electron chi connectivity index (χ2n) is 7.18. The van der Waals surface area contributed by atoms with Crippen LogP contribution < -0.4 is 22.9 Å². The van der Waals surface area contributed by atoms with E-state index in [1.54, 1.807) is 0 Å². The Morgan fingerprint density at radius 3 is 1.52 bits per heavy atom. The van der Waals surface area contributed by atoms with Gasteiger partial charge in [0.2, 0.25) is 0 Å². The van der Waals surface area contributed by atoms with Crippen molar-refractivity contribution >= 4 is 22.7 Å². The van der Waals surface area contributed by atoms with Crippen LogP contribution in [0.25, 0.3) is 0 Å². The van der Waals surface area contributed by atoms with Crippen molar-refractivity contribution in [1.82, 2.24) is 0 Å². The lowest BCUT2D eigenvalue weighted by molar-refractivity contribution is 0.459. The number of benzene rings is 2. The van der Waals surface area contributed by atoms with Crippen LogP contribution in [-0.2, 0) is 12.8 Å². The van der Waals surface area contributed by atoms with Crippen molar-refractivity contribution in [1.29, 1.82) is 0 Å². The Morgan fingerprint density at radius 2 is 1.13 bits per heavy atom. The van der Waals surface area contributed by atoms with Gasteiger partial charge in [0.15, 0.2) is 0 Å². The minimum Gasteiger partial charge on any atom is -0.398 e. The average molecular weight is 308 g/mol. The van der Waals surface area contributed by atoms with Gasteiger partial charge in [0, 0.05) is 22.7 Å². The molecule has 120 valence electrons. The number of fused-ring (bicyclic) bond motifs is 6. The first-order chi connectivity index (χ1) is 10.9. The standard InChI is InChI=1S/C19H24N4/c1-8-16(20)6-12-11-3-10(4-14(12)18(8)22)13-7-17(21)9(2)19(23)15(13)5-11/h6-7,10-11H,3-5,20-23H2,1-2H3. The fraction of sp³-hybridized carbons (Fsp3) is 0.368. The van der Waals surface area contributed by atoms with Gasteiger partial charge in [-0.1, -0.05) is 0 Å². The van der Waals surface area contributed by atoms with Crippen LogP contribution in [-0.4, -0.2) is 0 Å². The number of rotatable bonds is 0. The van der Waals surface area contributed by atoms with E-state index in [0.717, 1.165) is 53.1 Å². The van der Waals surface area contributed by atoms with E-state index < -0.39 is 0 Å². The molecule has 0 heterocycles. The van der Waals surface area contributed by atoms with Crippen molar-refractivity contribution in [3.05, 3.63) is 45.5 Å². The molecule has 0 saturated carbocycles. The lowest BCUT2D eigenvalue weighted by atomic mass is 9.65. The van der Waals surface area contributed by atoms with E-state index in [4.69, 9.17) is 22.9 Å². The van der Waals surface area contributed by atoms with Gasteiger partial charge in [-0.2, -0.15) is 0 Å². The van der Waals surface area contributed by atoms with Gasteiger partial charge in [-0.15, -0.1) is 0 Å². The van der Waals surface area contributed by atoms with Crippen molar-refractivity contribution in [2.24, 2.45) is 0 Å². The van der Waals surface area contributed by atoms with E-state index in [0.29, 0.717) is 11.8 Å². The second kappa shape index (κ2) is 4.57. The molecule has 4 heteroatoms. The molecule has 2 aromatic carbocycles. The summed E-state index contributed by atoms with van der Waals surface area (Å²) in [5.74, 6) is 0.901. The summed E-state index contributed by atoms with van der Waals surface area (Å²) in [4.78, 5) is 0. The molecule has 2 unspecified atom stereocenters. The molecule has 2 atom stereocenters. The summed E-state index contributed by atoms with van der Waals surface area (Å²) in [7, 11) is 0. The van der Waals surface area contributed by atoms with Crippen molar-refractivity contribution in [3.63, 3.8) is 0 Å². The number of nitrogens with two attached hydrogens (primary N) is 4. The van der Waals surface area contributed by atoms with Gasteiger partial charge in [0.05, 0.1) is 0 Å². The quantitative estimate of drug-likeness (QED) is 0.561. The molecule has 2 aliphatic carbocycles. The number of hydrogen-bond acceptors (Lipinski definition) is 4. The number of nitrogen functional groups attached to an aromatic ring is 4. The van der Waals surface area contributed by atoms with Crippen molar-refractivity contribution in [2.75, 3.05) is 22.9 Å². The summed E-state index contributed by atoms with van der Waals surface area (Å²) in [6.07, 6.45) is 3.03. The van der Waals surface area contributed by atoms with Crippen LogP contribution in [0.3, 0.4) is 0 Å². The first-order valence-corrected chi connectivity index (χ1v) is 8.23. The molecule has 4 nitrogen and oxygen atoms in total. The van der Waals surface area contributed by atoms with Crippen LogP contribution in [0, 0.1) is 13.8 Å². The molecule has 0 spiro atoms. The highest BCUT2D eigenvalue weighted by Crippen LogP contribution is 2.51. The highest BCUT2D eigenvalue weighted by molar-refractivity contribution is 5.72. The summed E-state index contributed by atoms with van der Waals surface area (Å²) >= 11 is 0. The third-order valence-corrected chi connectivity index (χ3v) is 5.99. The molecule has 0 fully saturated rings. The molecule has 4 rings (SSSR count). The van der Waals surface area contributed by atoms with E-state index in [-0.39, 0.29) is 0 Å². The summed E-state index contributed by atoms with van der Waals surface area (Å²) in [6, 6.07) is 4.26. The fourth-order valence-corrected chi connectivity index (χ4v) is 4.46. The lowest BCUT2D eigenvalue weighted by Crippen LogP contribution is -2.27. The fourth-order valence-electron chi connectivity index (χ4n) is 4.46. The maximum absolute atomic E-state index is 6.38. The Morgan fingerprint density at radius 1 is 0.739 bits per heavy atom. The summed E-state index contributed by atoms with van der Waals surface area (Å²) < 4.78 is 0. The SMILES string of the molecule is Cc1c(N)cc2c(c1N)CC1CC2Cc2c1cc(N)c(C)c2N. The smallest absolute Gasteiger partial charge is 0.0400 e. The molecule has 2 bridgehead atoms. The molecule has 0 aromatic heterocycles. The third kappa shape index (κ3) is 1.84. The zero-order valence-corrected chi connectivity index (χ0v) is 13.7. The monoisotopic (exact) mass is 308 g/mol. The Kier molecular flexibility index (Phi) is 2.83. The van der Waals surface area contributed by atoms with E-state index >= 15 is 0 Å². The predicted molar refractivity (Wildman–Crippen MR) is 97.5 cm³/mol. The molecular weight excluding hydrogens is 284 g/mol. The zero-order chi connectivity index (χ0) is 16.5. The molecule has 0 amide bonds. The Bertz CT molecular complexity index is 769. The van der Waals surface area contributed by atoms with E-state index in [1.165, 1.54) is 22.3 Å². The average Bonchev–Trinajstić information content (AvgIpc) is 2.53. The maximum atomic E-state index is 6.38.